The first-order valence-electron chi connectivity index (χ1n) is 6.01. The summed E-state index contributed by atoms with van der Waals surface area (Å²) < 4.78 is 13.5. The van der Waals surface area contributed by atoms with E-state index in [1.165, 1.54) is 0 Å². The van der Waals surface area contributed by atoms with Gasteiger partial charge in [0, 0.05) is 6.54 Å². The number of rotatable bonds is 3. The van der Waals surface area contributed by atoms with Gasteiger partial charge in [-0.05, 0) is 19.4 Å². The smallest absolute Gasteiger partial charge is 0.287 e. The molecule has 1 aliphatic heterocycles. The molecule has 0 bridgehead atoms. The Morgan fingerprint density at radius 2 is 2.44 bits per heavy atom. The molecule has 3 N–H and O–H groups in total. The van der Waals surface area contributed by atoms with Gasteiger partial charge >= 0.3 is 0 Å². The minimum Gasteiger partial charge on any atom is -0.344 e. The van der Waals surface area contributed by atoms with E-state index in [0.29, 0.717) is 30.2 Å². The van der Waals surface area contributed by atoms with E-state index in [1.807, 2.05) is 6.92 Å². The molecule has 5 nitrogen and oxygen atoms in total. The van der Waals surface area contributed by atoms with Crippen LogP contribution in [-0.2, 0) is 6.42 Å². The average Bonchev–Trinajstić information content (AvgIpc) is 2.73. The minimum absolute atomic E-state index is 0.141. The van der Waals surface area contributed by atoms with Crippen LogP contribution >= 0.6 is 11.6 Å². The average molecular weight is 275 g/mol. The molecule has 1 saturated heterocycles. The highest BCUT2D eigenvalue weighted by Gasteiger charge is 2.27. The Morgan fingerprint density at radius 3 is 3.06 bits per heavy atom. The summed E-state index contributed by atoms with van der Waals surface area (Å²) in [6.07, 6.45) is 0.166. The molecule has 0 radical (unpaired) electrons. The molecular formula is C11H16ClFN4O. The Bertz CT molecular complexity index is 437. The van der Waals surface area contributed by atoms with Gasteiger partial charge in [0.2, 0.25) is 0 Å². The molecule has 100 valence electrons. The van der Waals surface area contributed by atoms with Gasteiger partial charge in [0.15, 0.2) is 11.0 Å². The number of H-pyrrole nitrogens is 1. The van der Waals surface area contributed by atoms with E-state index in [2.05, 4.69) is 20.6 Å². The number of alkyl halides is 1. The van der Waals surface area contributed by atoms with Gasteiger partial charge in [-0.25, -0.2) is 9.37 Å². The Labute approximate surface area is 110 Å². The lowest BCUT2D eigenvalue weighted by Gasteiger charge is -2.27. The fourth-order valence-corrected chi connectivity index (χ4v) is 2.22. The molecule has 0 aliphatic carbocycles. The van der Waals surface area contributed by atoms with Gasteiger partial charge in [-0.3, -0.25) is 4.79 Å². The van der Waals surface area contributed by atoms with Gasteiger partial charge in [0.05, 0.1) is 11.7 Å². The summed E-state index contributed by atoms with van der Waals surface area (Å²) in [5, 5.41) is 5.87. The summed E-state index contributed by atoms with van der Waals surface area (Å²) in [5.74, 6) is -0.270. The van der Waals surface area contributed by atoms with Crippen LogP contribution in [0, 0.1) is 0 Å². The zero-order chi connectivity index (χ0) is 13.1. The molecule has 1 aliphatic rings. The lowest BCUT2D eigenvalue weighted by molar-refractivity contribution is 0.0882. The van der Waals surface area contributed by atoms with E-state index < -0.39 is 18.1 Å². The summed E-state index contributed by atoms with van der Waals surface area (Å²) >= 11 is 5.85. The van der Waals surface area contributed by atoms with E-state index in [1.54, 1.807) is 0 Å². The predicted octanol–water partition coefficient (Wildman–Crippen LogP) is 1.06. The normalized spacial score (nSPS) is 23.9. The second-order valence-electron chi connectivity index (χ2n) is 4.30. The Balaban J connectivity index is 2.02. The maximum Gasteiger partial charge on any atom is 0.287 e. The van der Waals surface area contributed by atoms with Crippen LogP contribution in [0.15, 0.2) is 0 Å². The number of nitrogens with one attached hydrogen (secondary N) is 3. The number of aromatic nitrogens is 2. The van der Waals surface area contributed by atoms with Gasteiger partial charge in [-0.15, -0.1) is 0 Å². The molecule has 2 atom stereocenters. The van der Waals surface area contributed by atoms with Crippen molar-refractivity contribution in [2.45, 2.75) is 32.0 Å². The number of hydrogen-bond acceptors (Lipinski definition) is 3. The van der Waals surface area contributed by atoms with Crippen LogP contribution in [0.1, 0.15) is 29.7 Å². The van der Waals surface area contributed by atoms with Gasteiger partial charge in [0.1, 0.15) is 6.17 Å². The SMILES string of the molecule is CCc1[nH]c(C(=O)N[C@@H]2CCNC[C@H]2F)nc1Cl. The van der Waals surface area contributed by atoms with Gasteiger partial charge in [-0.1, -0.05) is 18.5 Å². The van der Waals surface area contributed by atoms with E-state index >= 15 is 0 Å². The van der Waals surface area contributed by atoms with Crippen LogP contribution in [0.5, 0.6) is 0 Å². The largest absolute Gasteiger partial charge is 0.344 e. The van der Waals surface area contributed by atoms with Crippen LogP contribution in [0.25, 0.3) is 0 Å². The first-order valence-corrected chi connectivity index (χ1v) is 6.39. The second-order valence-corrected chi connectivity index (χ2v) is 4.66. The third-order valence-electron chi connectivity index (χ3n) is 3.02. The van der Waals surface area contributed by atoms with Gasteiger partial charge in [-0.2, -0.15) is 0 Å². The highest BCUT2D eigenvalue weighted by molar-refractivity contribution is 6.30. The molecule has 0 aromatic carbocycles. The summed E-state index contributed by atoms with van der Waals surface area (Å²) in [7, 11) is 0. The van der Waals surface area contributed by atoms with Crippen molar-refractivity contribution in [3.05, 3.63) is 16.7 Å². The fraction of sp³-hybridized carbons (Fsp3) is 0.636. The van der Waals surface area contributed by atoms with Crippen LogP contribution < -0.4 is 10.6 Å². The van der Waals surface area contributed by atoms with Crippen molar-refractivity contribution in [1.82, 2.24) is 20.6 Å². The third-order valence-corrected chi connectivity index (χ3v) is 3.33. The molecule has 1 aromatic heterocycles. The molecule has 1 amide bonds. The van der Waals surface area contributed by atoms with E-state index in [-0.39, 0.29) is 12.4 Å². The molecule has 2 heterocycles. The van der Waals surface area contributed by atoms with Crippen LogP contribution in [-0.4, -0.2) is 41.2 Å². The summed E-state index contributed by atoms with van der Waals surface area (Å²) in [6.45, 7) is 2.88. The van der Waals surface area contributed by atoms with Crippen LogP contribution in [0.3, 0.4) is 0 Å². The molecule has 0 spiro atoms. The van der Waals surface area contributed by atoms with E-state index in [0.717, 1.165) is 0 Å². The topological polar surface area (TPSA) is 69.8 Å². The number of nitrogens with zero attached hydrogens (tertiary/aromatic N) is 1. The van der Waals surface area contributed by atoms with Crippen molar-refractivity contribution in [1.29, 1.82) is 0 Å². The first kappa shape index (κ1) is 13.3. The van der Waals surface area contributed by atoms with Crippen molar-refractivity contribution in [3.8, 4) is 0 Å². The fourth-order valence-electron chi connectivity index (χ4n) is 1.95. The molecular weight excluding hydrogens is 259 g/mol. The standard InChI is InChI=1S/C11H16ClFN4O/c1-2-7-9(12)17-10(15-7)11(18)16-8-3-4-14-5-6(8)13/h6,8,14H,2-5H2,1H3,(H,15,17)(H,16,18)/t6-,8-/m1/s1. The minimum atomic E-state index is -1.07. The number of piperidine rings is 1. The van der Waals surface area contributed by atoms with Gasteiger partial charge in [0.25, 0.3) is 5.91 Å². The zero-order valence-electron chi connectivity index (χ0n) is 10.1. The molecule has 0 unspecified atom stereocenters. The number of aromatic amines is 1. The summed E-state index contributed by atoms with van der Waals surface area (Å²) in [5.41, 5.74) is 0.712. The predicted molar refractivity (Wildman–Crippen MR) is 66.6 cm³/mol. The Hall–Kier alpha value is -1.14. The molecule has 1 aromatic rings. The maximum atomic E-state index is 13.5. The van der Waals surface area contributed by atoms with Crippen molar-refractivity contribution in [3.63, 3.8) is 0 Å². The number of amides is 1. The number of carbonyl (C=O) groups excluding carboxylic acids is 1. The Kier molecular flexibility index (Phi) is 4.19. The van der Waals surface area contributed by atoms with E-state index in [9.17, 15) is 9.18 Å². The van der Waals surface area contributed by atoms with Crippen LogP contribution in [0.2, 0.25) is 5.15 Å². The van der Waals surface area contributed by atoms with E-state index in [4.69, 9.17) is 11.6 Å². The highest BCUT2D eigenvalue weighted by atomic mass is 35.5. The zero-order valence-corrected chi connectivity index (χ0v) is 10.9. The number of hydrogen-bond donors (Lipinski definition) is 3. The number of aryl methyl sites for hydroxylation is 1. The number of carbonyl (C=O) groups is 1. The monoisotopic (exact) mass is 274 g/mol. The van der Waals surface area contributed by atoms with Crippen molar-refractivity contribution >= 4 is 17.5 Å². The van der Waals surface area contributed by atoms with Crippen LogP contribution in [0.4, 0.5) is 4.39 Å². The first-order chi connectivity index (χ1) is 8.61. The highest BCUT2D eigenvalue weighted by Crippen LogP contribution is 2.14. The number of halogens is 2. The lowest BCUT2D eigenvalue weighted by atomic mass is 10.1. The summed E-state index contributed by atoms with van der Waals surface area (Å²) in [6, 6.07) is -0.465. The third kappa shape index (κ3) is 2.81. The molecule has 7 heteroatoms. The molecule has 18 heavy (non-hydrogen) atoms. The van der Waals surface area contributed by atoms with Crippen molar-refractivity contribution in [2.75, 3.05) is 13.1 Å². The van der Waals surface area contributed by atoms with Gasteiger partial charge < -0.3 is 15.6 Å². The number of imidazole rings is 1. The Morgan fingerprint density at radius 1 is 1.67 bits per heavy atom. The molecule has 0 saturated carbocycles. The molecule has 1 fully saturated rings. The quantitative estimate of drug-likeness (QED) is 0.772. The second kappa shape index (κ2) is 5.67. The lowest BCUT2D eigenvalue weighted by Crippen LogP contribution is -2.51. The maximum absolute atomic E-state index is 13.5. The van der Waals surface area contributed by atoms with Crippen molar-refractivity contribution < 1.29 is 9.18 Å². The summed E-state index contributed by atoms with van der Waals surface area (Å²) in [4.78, 5) is 18.7. The molecule has 2 rings (SSSR count). The van der Waals surface area contributed by atoms with Crippen molar-refractivity contribution in [2.24, 2.45) is 0 Å².